The number of carbonyl (C=O) groups is 4. The monoisotopic (exact) mass is 798 g/mol. The van der Waals surface area contributed by atoms with Gasteiger partial charge in [0.25, 0.3) is 5.39 Å². The van der Waals surface area contributed by atoms with Crippen LogP contribution in [0.25, 0.3) is 5.08 Å². The molecule has 5 amide bonds. The largest absolute Gasteiger partial charge is 0.494 e. The highest BCUT2D eigenvalue weighted by Crippen LogP contribution is 2.39. The third-order valence-corrected chi connectivity index (χ3v) is 11.9. The van der Waals surface area contributed by atoms with Crippen LogP contribution in [0, 0.1) is 5.39 Å². The van der Waals surface area contributed by atoms with Crippen molar-refractivity contribution in [2.75, 3.05) is 42.8 Å². The Labute approximate surface area is 337 Å². The number of ether oxygens (including phenoxy) is 2. The van der Waals surface area contributed by atoms with Crippen LogP contribution in [0.1, 0.15) is 62.7 Å². The average Bonchev–Trinajstić information content (AvgIpc) is 3.72. The first-order chi connectivity index (χ1) is 27.7. The minimum absolute atomic E-state index is 0.0674. The van der Waals surface area contributed by atoms with Gasteiger partial charge in [-0.15, -0.1) is 0 Å². The number of unbranched alkanes of at least 4 members (excludes halogenated alkanes) is 2. The molecule has 6 atom stereocenters. The molecule has 6 rings (SSSR count). The number of hydrogen-bond acceptors (Lipinski definition) is 10. The average molecular weight is 799 g/mol. The van der Waals surface area contributed by atoms with Crippen LogP contribution in [0.15, 0.2) is 72.8 Å². The van der Waals surface area contributed by atoms with Crippen molar-refractivity contribution in [2.24, 2.45) is 0 Å². The van der Waals surface area contributed by atoms with Crippen LogP contribution in [-0.2, 0) is 20.8 Å². The lowest BCUT2D eigenvalue weighted by atomic mass is 10.0. The highest BCUT2D eigenvalue weighted by Gasteiger charge is 2.42. The van der Waals surface area contributed by atoms with Crippen molar-refractivity contribution >= 4 is 46.9 Å². The molecule has 0 radical (unpaired) electrons. The van der Waals surface area contributed by atoms with Crippen LogP contribution >= 0.6 is 11.8 Å². The maximum atomic E-state index is 13.5. The number of rotatable bonds is 18. The van der Waals surface area contributed by atoms with Crippen molar-refractivity contribution in [1.82, 2.24) is 26.6 Å². The molecule has 3 aliphatic heterocycles. The first-order valence-electron chi connectivity index (χ1n) is 19.6. The summed E-state index contributed by atoms with van der Waals surface area (Å²) in [6.07, 6.45) is 4.40. The Hall–Kier alpha value is -5.69. The Balaban J connectivity index is 0.941. The maximum Gasteiger partial charge on any atom is 0.315 e. The zero-order chi connectivity index (χ0) is 40.1. The van der Waals surface area contributed by atoms with Crippen LogP contribution in [0.4, 0.5) is 16.2 Å². The molecule has 3 aromatic carbocycles. The van der Waals surface area contributed by atoms with E-state index in [9.17, 15) is 19.2 Å². The summed E-state index contributed by atoms with van der Waals surface area (Å²) in [4.78, 5) is 52.3. The van der Waals surface area contributed by atoms with Gasteiger partial charge in [-0.1, -0.05) is 42.5 Å². The molecule has 3 heterocycles. The SMILES string of the molecule is C[C@H](NC(=O)Cc1ccc(N[N+]#N)cc1)C(=O)N[C@H]1CN(C)c2cc(OCCCCCNC(=O)CCC[C@@H]3SC[C@@H]4NC(=O)N[C@@H]43)ccc2O[C@H]1c1ccccc1. The summed E-state index contributed by atoms with van der Waals surface area (Å²) in [6.45, 7) is 3.25. The predicted octanol–water partition coefficient (Wildman–Crippen LogP) is 4.67. The van der Waals surface area contributed by atoms with Gasteiger partial charge in [-0.25, -0.2) is 4.79 Å². The quantitative estimate of drug-likeness (QED) is 0.0457. The van der Waals surface area contributed by atoms with Crippen molar-refractivity contribution in [1.29, 1.82) is 5.39 Å². The van der Waals surface area contributed by atoms with E-state index in [0.717, 1.165) is 54.7 Å². The Bertz CT molecular complexity index is 1900. The summed E-state index contributed by atoms with van der Waals surface area (Å²) in [5, 5.41) is 26.8. The summed E-state index contributed by atoms with van der Waals surface area (Å²) in [5.41, 5.74) is 5.49. The molecule has 0 spiro atoms. The smallest absolute Gasteiger partial charge is 0.315 e. The van der Waals surface area contributed by atoms with Crippen LogP contribution in [0.3, 0.4) is 0 Å². The van der Waals surface area contributed by atoms with Crippen molar-refractivity contribution in [3.8, 4) is 11.5 Å². The number of nitrogens with one attached hydrogen (secondary N) is 6. The van der Waals surface area contributed by atoms with E-state index < -0.39 is 18.2 Å². The number of benzene rings is 3. The van der Waals surface area contributed by atoms with Gasteiger partial charge in [-0.05, 0) is 79.8 Å². The highest BCUT2D eigenvalue weighted by molar-refractivity contribution is 8.00. The van der Waals surface area contributed by atoms with Gasteiger partial charge in [0.05, 0.1) is 36.8 Å². The summed E-state index contributed by atoms with van der Waals surface area (Å²) in [6, 6.07) is 21.4. The minimum Gasteiger partial charge on any atom is -0.494 e. The van der Waals surface area contributed by atoms with Crippen molar-refractivity contribution < 1.29 is 28.7 Å². The molecule has 3 aliphatic rings. The molecular formula is C41H52N9O6S+. The number of diazo groups is 1. The Morgan fingerprint density at radius 1 is 1.02 bits per heavy atom. The molecule has 6 N–H and O–H groups in total. The van der Waals surface area contributed by atoms with Gasteiger partial charge in [0.2, 0.25) is 17.7 Å². The van der Waals surface area contributed by atoms with Gasteiger partial charge in [-0.2, -0.15) is 11.8 Å². The summed E-state index contributed by atoms with van der Waals surface area (Å²) >= 11 is 1.87. The first-order valence-corrected chi connectivity index (χ1v) is 20.7. The number of amides is 5. The summed E-state index contributed by atoms with van der Waals surface area (Å²) < 4.78 is 12.8. The Kier molecular flexibility index (Phi) is 14.3. The van der Waals surface area contributed by atoms with E-state index in [1.165, 1.54) is 0 Å². The number of thioether (sulfide) groups is 1. The number of anilines is 2. The van der Waals surface area contributed by atoms with Gasteiger partial charge >= 0.3 is 11.1 Å². The normalized spacial score (nSPS) is 21.2. The van der Waals surface area contributed by atoms with Crippen LogP contribution in [-0.4, -0.2) is 85.7 Å². The molecular weight excluding hydrogens is 747 g/mol. The van der Waals surface area contributed by atoms with E-state index in [-0.39, 0.29) is 42.3 Å². The second-order valence-electron chi connectivity index (χ2n) is 14.7. The van der Waals surface area contributed by atoms with E-state index >= 15 is 0 Å². The van der Waals surface area contributed by atoms with E-state index in [1.807, 2.05) is 72.2 Å². The number of hydrogen-bond donors (Lipinski definition) is 6. The molecule has 2 saturated heterocycles. The van der Waals surface area contributed by atoms with Gasteiger partial charge in [-0.3, -0.25) is 14.4 Å². The molecule has 0 saturated carbocycles. The molecule has 2 fully saturated rings. The molecule has 3 aromatic rings. The number of nitrogens with zero attached hydrogens (tertiary/aromatic N) is 3. The van der Waals surface area contributed by atoms with Gasteiger partial charge in [0.15, 0.2) is 0 Å². The van der Waals surface area contributed by atoms with E-state index in [1.54, 1.807) is 31.2 Å². The third-order valence-electron chi connectivity index (χ3n) is 10.4. The fourth-order valence-electron chi connectivity index (χ4n) is 7.38. The lowest BCUT2D eigenvalue weighted by Crippen LogP contribution is -2.53. The van der Waals surface area contributed by atoms with E-state index in [2.05, 4.69) is 37.1 Å². The van der Waals surface area contributed by atoms with Gasteiger partial charge in [0.1, 0.15) is 29.3 Å². The minimum atomic E-state index is -0.800. The summed E-state index contributed by atoms with van der Waals surface area (Å²) in [7, 11) is 1.95. The number of carbonyl (C=O) groups excluding carboxylic acids is 4. The van der Waals surface area contributed by atoms with E-state index in [0.29, 0.717) is 48.6 Å². The highest BCUT2D eigenvalue weighted by atomic mass is 32.2. The van der Waals surface area contributed by atoms with E-state index in [4.69, 9.17) is 14.9 Å². The molecule has 302 valence electrons. The molecule has 16 heteroatoms. The van der Waals surface area contributed by atoms with Crippen molar-refractivity contribution in [3.05, 3.63) is 89.0 Å². The number of fused-ring (bicyclic) bond motifs is 2. The Morgan fingerprint density at radius 3 is 2.61 bits per heavy atom. The van der Waals surface area contributed by atoms with Crippen LogP contribution in [0.2, 0.25) is 0 Å². The molecule has 15 nitrogen and oxygen atoms in total. The Morgan fingerprint density at radius 2 is 1.82 bits per heavy atom. The van der Waals surface area contributed by atoms with Crippen LogP contribution < -0.4 is 46.4 Å². The zero-order valence-electron chi connectivity index (χ0n) is 32.4. The second-order valence-corrected chi connectivity index (χ2v) is 16.0. The maximum absolute atomic E-state index is 13.5. The lowest BCUT2D eigenvalue weighted by molar-refractivity contribution is -0.129. The summed E-state index contributed by atoms with van der Waals surface area (Å²) in [5.74, 6) is 1.73. The molecule has 0 bridgehead atoms. The van der Waals surface area contributed by atoms with Crippen molar-refractivity contribution in [3.63, 3.8) is 0 Å². The molecule has 0 unspecified atom stereocenters. The third kappa shape index (κ3) is 11.4. The lowest BCUT2D eigenvalue weighted by Gasteiger charge is -2.29. The van der Waals surface area contributed by atoms with Crippen molar-refractivity contribution in [2.45, 2.75) is 87.4 Å². The predicted molar refractivity (Wildman–Crippen MR) is 220 cm³/mol. The van der Waals surface area contributed by atoms with Gasteiger partial charge < -0.3 is 41.0 Å². The fraction of sp³-hybridized carbons (Fsp3) is 0.463. The molecule has 57 heavy (non-hydrogen) atoms. The number of urea groups is 1. The molecule has 0 aliphatic carbocycles. The standard InChI is InChI=1S/C41H51N9O6S/c1-26(44-37(52)22-27-14-16-29(17-15-27)48-49-42)40(53)45-31-24-50(2)33-23-30(18-19-34(33)56-39(31)28-10-5-3-6-11-28)55-21-8-4-7-20-43-36(51)13-9-12-35-38-32(25-57-35)46-41(54)47-38/h3,5-6,10-11,14-19,23,26,31-32,35,38-39,48H,4,7-9,12-13,20-22,24-25H2,1-2H3,(H4-,43,44,45,46,47,51,52,53,54)/p+1/t26-,31-,32-,35-,38-,39-/m0/s1. The number of likely N-dealkylation sites (N-methyl/N-ethyl adjacent to an activating group) is 1. The first kappa shape index (κ1) is 41.0. The zero-order valence-corrected chi connectivity index (χ0v) is 33.2. The second kappa shape index (κ2) is 19.9. The fourth-order valence-corrected chi connectivity index (χ4v) is 8.92. The van der Waals surface area contributed by atoms with Crippen LogP contribution in [0.5, 0.6) is 11.5 Å². The van der Waals surface area contributed by atoms with Gasteiger partial charge in [0, 0.05) is 43.6 Å². The topological polar surface area (TPSA) is 190 Å². The molecule has 0 aromatic heterocycles.